The first kappa shape index (κ1) is 32.7. The second-order valence-electron chi connectivity index (χ2n) is 11.1. The Bertz CT molecular complexity index is 1940. The molecule has 0 bridgehead atoms. The van der Waals surface area contributed by atoms with Crippen molar-refractivity contribution in [2.45, 2.75) is 46.4 Å². The van der Waals surface area contributed by atoms with E-state index >= 15 is 0 Å². The molecule has 2 heterocycles. The fourth-order valence-corrected chi connectivity index (χ4v) is 6.29. The Balaban J connectivity index is 1.56. The molecular weight excluding hydrogens is 604 g/mol. The van der Waals surface area contributed by atoms with Crippen molar-refractivity contribution in [1.29, 1.82) is 0 Å². The van der Waals surface area contributed by atoms with Gasteiger partial charge >= 0.3 is 5.97 Å². The minimum absolute atomic E-state index is 0.0694. The monoisotopic (exact) mass is 642 g/mol. The van der Waals surface area contributed by atoms with Crippen LogP contribution in [-0.2, 0) is 20.9 Å². The van der Waals surface area contributed by atoms with Gasteiger partial charge in [0.05, 0.1) is 35.6 Å². The van der Waals surface area contributed by atoms with Gasteiger partial charge in [-0.05, 0) is 63.1 Å². The topological polar surface area (TPSA) is 97.6 Å². The number of carbonyl (C=O) groups excluding carboxylic acids is 1. The van der Waals surface area contributed by atoms with E-state index in [0.717, 1.165) is 16.7 Å². The number of ether oxygens (including phenoxy) is 5. The summed E-state index contributed by atoms with van der Waals surface area (Å²) >= 11 is 1.25. The van der Waals surface area contributed by atoms with Crippen LogP contribution >= 0.6 is 11.3 Å². The molecule has 0 N–H and O–H groups in total. The van der Waals surface area contributed by atoms with Crippen LogP contribution in [0.3, 0.4) is 0 Å². The number of rotatable bonds is 12. The van der Waals surface area contributed by atoms with Crippen molar-refractivity contribution in [2.24, 2.45) is 4.99 Å². The summed E-state index contributed by atoms with van der Waals surface area (Å²) in [4.78, 5) is 32.8. The maximum atomic E-state index is 14.2. The van der Waals surface area contributed by atoms with Crippen LogP contribution in [-0.4, -0.2) is 44.1 Å². The third-order valence-corrected chi connectivity index (χ3v) is 8.28. The van der Waals surface area contributed by atoms with E-state index in [0.29, 0.717) is 44.4 Å². The average Bonchev–Trinajstić information content (AvgIpc) is 3.33. The van der Waals surface area contributed by atoms with Crippen LogP contribution in [0.1, 0.15) is 49.1 Å². The first-order valence-corrected chi connectivity index (χ1v) is 15.8. The van der Waals surface area contributed by atoms with E-state index in [1.165, 1.54) is 18.4 Å². The van der Waals surface area contributed by atoms with E-state index < -0.39 is 12.0 Å². The maximum absolute atomic E-state index is 14.2. The molecule has 3 aromatic carbocycles. The van der Waals surface area contributed by atoms with Gasteiger partial charge in [-0.25, -0.2) is 9.79 Å². The van der Waals surface area contributed by atoms with Gasteiger partial charge in [-0.3, -0.25) is 9.36 Å². The lowest BCUT2D eigenvalue weighted by atomic mass is 9.95. The minimum Gasteiger partial charge on any atom is -0.493 e. The van der Waals surface area contributed by atoms with E-state index in [4.69, 9.17) is 28.7 Å². The molecule has 10 heteroatoms. The molecule has 1 aliphatic heterocycles. The predicted molar refractivity (Wildman–Crippen MR) is 177 cm³/mol. The first-order valence-electron chi connectivity index (χ1n) is 15.0. The summed E-state index contributed by atoms with van der Waals surface area (Å²) in [5, 5.41) is 0. The van der Waals surface area contributed by atoms with Crippen molar-refractivity contribution in [3.63, 3.8) is 0 Å². The van der Waals surface area contributed by atoms with Gasteiger partial charge < -0.3 is 23.7 Å². The summed E-state index contributed by atoms with van der Waals surface area (Å²) in [5.74, 6) is 1.14. The molecule has 5 rings (SSSR count). The van der Waals surface area contributed by atoms with E-state index in [1.807, 2.05) is 81.4 Å². The van der Waals surface area contributed by atoms with Crippen molar-refractivity contribution >= 4 is 23.4 Å². The Morgan fingerprint density at radius 3 is 2.52 bits per heavy atom. The van der Waals surface area contributed by atoms with E-state index in [1.54, 1.807) is 24.7 Å². The van der Waals surface area contributed by atoms with E-state index in [2.05, 4.69) is 6.07 Å². The fourth-order valence-electron chi connectivity index (χ4n) is 5.25. The van der Waals surface area contributed by atoms with Crippen LogP contribution in [0, 0.1) is 6.92 Å². The number of methoxy groups -OCH3 is 2. The van der Waals surface area contributed by atoms with Gasteiger partial charge in [-0.1, -0.05) is 65.4 Å². The quantitative estimate of drug-likeness (QED) is 0.157. The molecule has 0 unspecified atom stereocenters. The lowest BCUT2D eigenvalue weighted by molar-refractivity contribution is -0.140. The van der Waals surface area contributed by atoms with Gasteiger partial charge in [-0.2, -0.15) is 0 Å². The standard InChI is InChI=1S/C36H38N2O7S/c1-22(2)45-28-13-8-7-12-27(28)33-32(35(40)43-17-16-41-5)24(4)37-36-38(33)34(39)31(46-36)20-25-14-15-29(30(19-25)42-6)44-21-26-11-9-10-23(3)18-26/h7-15,18-20,22,33H,16-17,21H2,1-6H3/b31-20+/t33-/m0/s1. The van der Waals surface area contributed by atoms with Crippen molar-refractivity contribution in [3.8, 4) is 17.2 Å². The number of hydrogen-bond donors (Lipinski definition) is 0. The minimum atomic E-state index is -0.810. The number of para-hydroxylation sites is 1. The number of carbonyl (C=O) groups is 1. The number of aryl methyl sites for hydroxylation is 1. The molecule has 0 saturated heterocycles. The van der Waals surface area contributed by atoms with Crippen molar-refractivity contribution in [3.05, 3.63) is 120 Å². The highest BCUT2D eigenvalue weighted by Gasteiger charge is 2.35. The van der Waals surface area contributed by atoms with Crippen molar-refractivity contribution in [1.82, 2.24) is 4.57 Å². The molecule has 9 nitrogen and oxygen atoms in total. The number of esters is 1. The third-order valence-electron chi connectivity index (χ3n) is 7.30. The van der Waals surface area contributed by atoms with E-state index in [9.17, 15) is 9.59 Å². The van der Waals surface area contributed by atoms with Crippen molar-refractivity contribution in [2.75, 3.05) is 27.4 Å². The number of allylic oxidation sites excluding steroid dienone is 1. The fraction of sp³-hybridized carbons (Fsp3) is 0.306. The molecule has 0 saturated carbocycles. The molecule has 1 aliphatic rings. The largest absolute Gasteiger partial charge is 0.493 e. The highest BCUT2D eigenvalue weighted by Crippen LogP contribution is 2.36. The SMILES string of the molecule is COCCOC(=O)C1=C(C)N=c2s/c(=C/c3ccc(OCc4cccc(C)c4)c(OC)c3)c(=O)n2[C@H]1c1ccccc1OC(C)C. The zero-order chi connectivity index (χ0) is 32.8. The van der Waals surface area contributed by atoms with Crippen LogP contribution in [0.25, 0.3) is 6.08 Å². The molecule has 1 atom stereocenters. The Morgan fingerprint density at radius 2 is 1.78 bits per heavy atom. The Kier molecular flexibility index (Phi) is 10.4. The maximum Gasteiger partial charge on any atom is 0.338 e. The number of thiazole rings is 1. The van der Waals surface area contributed by atoms with Gasteiger partial charge in [0.2, 0.25) is 0 Å². The Morgan fingerprint density at radius 1 is 0.978 bits per heavy atom. The van der Waals surface area contributed by atoms with Crippen molar-refractivity contribution < 1.29 is 28.5 Å². The molecule has 4 aromatic rings. The molecule has 0 spiro atoms. The van der Waals surface area contributed by atoms with Gasteiger partial charge in [0.25, 0.3) is 5.56 Å². The number of benzene rings is 3. The van der Waals surface area contributed by atoms with Crippen LogP contribution in [0.2, 0.25) is 0 Å². The zero-order valence-corrected chi connectivity index (χ0v) is 27.7. The lowest BCUT2D eigenvalue weighted by Gasteiger charge is -2.27. The summed E-state index contributed by atoms with van der Waals surface area (Å²) in [6.07, 6.45) is 1.66. The predicted octanol–water partition coefficient (Wildman–Crippen LogP) is 5.11. The number of nitrogens with zero attached hydrogens (tertiary/aromatic N) is 2. The number of aromatic nitrogens is 1. The van der Waals surface area contributed by atoms with Crippen LogP contribution < -0.4 is 29.1 Å². The van der Waals surface area contributed by atoms with Crippen LogP contribution in [0.4, 0.5) is 0 Å². The molecule has 46 heavy (non-hydrogen) atoms. The first-order chi connectivity index (χ1) is 22.2. The Hall–Kier alpha value is -4.67. The second-order valence-corrected chi connectivity index (χ2v) is 12.1. The highest BCUT2D eigenvalue weighted by atomic mass is 32.1. The normalized spacial score (nSPS) is 14.6. The summed E-state index contributed by atoms with van der Waals surface area (Å²) in [6, 6.07) is 20.3. The second kappa shape index (κ2) is 14.6. The van der Waals surface area contributed by atoms with Gasteiger partial charge in [0.15, 0.2) is 16.3 Å². The smallest absolute Gasteiger partial charge is 0.338 e. The van der Waals surface area contributed by atoms with Gasteiger partial charge in [0, 0.05) is 12.7 Å². The molecule has 0 aliphatic carbocycles. The van der Waals surface area contributed by atoms with Crippen LogP contribution in [0.15, 0.2) is 87.8 Å². The summed E-state index contributed by atoms with van der Waals surface area (Å²) in [7, 11) is 3.12. The Labute approximate surface area is 272 Å². The average molecular weight is 643 g/mol. The number of hydrogen-bond acceptors (Lipinski definition) is 9. The summed E-state index contributed by atoms with van der Waals surface area (Å²) in [5.41, 5.74) is 4.07. The molecule has 1 aromatic heterocycles. The number of fused-ring (bicyclic) bond motifs is 1. The van der Waals surface area contributed by atoms with Gasteiger partial charge in [-0.15, -0.1) is 0 Å². The molecule has 240 valence electrons. The third kappa shape index (κ3) is 7.24. The summed E-state index contributed by atoms with van der Waals surface area (Å²) < 4.78 is 30.4. The molecule has 0 amide bonds. The lowest BCUT2D eigenvalue weighted by Crippen LogP contribution is -2.40. The van der Waals surface area contributed by atoms with E-state index in [-0.39, 0.29) is 30.5 Å². The zero-order valence-electron chi connectivity index (χ0n) is 26.9. The molecule has 0 radical (unpaired) electrons. The van der Waals surface area contributed by atoms with Gasteiger partial charge in [0.1, 0.15) is 25.0 Å². The summed E-state index contributed by atoms with van der Waals surface area (Å²) in [6.45, 7) is 8.36. The molecule has 0 fully saturated rings. The highest BCUT2D eigenvalue weighted by molar-refractivity contribution is 7.07. The van der Waals surface area contributed by atoms with Crippen LogP contribution in [0.5, 0.6) is 17.2 Å². The molecular formula is C36H38N2O7S.